The van der Waals surface area contributed by atoms with E-state index in [9.17, 15) is 9.18 Å². The fraction of sp³-hybridized carbons (Fsp3) is 0.296. The molecule has 9 nitrogen and oxygen atoms in total. The maximum absolute atomic E-state index is 14.3. The van der Waals surface area contributed by atoms with Crippen molar-refractivity contribution in [1.82, 2.24) is 14.9 Å². The summed E-state index contributed by atoms with van der Waals surface area (Å²) in [5.74, 6) is 0.00633. The molecular weight excluding hydrogens is 473 g/mol. The monoisotopic (exact) mass is 504 g/mol. The molecule has 0 bridgehead atoms. The molecule has 0 saturated carbocycles. The molecule has 3 heterocycles. The van der Waals surface area contributed by atoms with Gasteiger partial charge < -0.3 is 15.8 Å². The van der Waals surface area contributed by atoms with Crippen LogP contribution in [0.5, 0.6) is 5.75 Å². The SMILES string of the molecule is CCC(C)N1CCc2cc(OC)c(Nc3nc(Nc4cccc(F)c4C(N)=O)c4cc[nH]c4[nH+]3)cc2C1. The Morgan fingerprint density at radius 2 is 2.11 bits per heavy atom. The van der Waals surface area contributed by atoms with Gasteiger partial charge in [0.25, 0.3) is 5.91 Å². The number of benzene rings is 2. The van der Waals surface area contributed by atoms with Gasteiger partial charge in [-0.05, 0) is 61.2 Å². The number of aromatic nitrogens is 3. The zero-order chi connectivity index (χ0) is 26.1. The van der Waals surface area contributed by atoms with E-state index >= 15 is 0 Å². The number of amides is 1. The number of methoxy groups -OCH3 is 1. The highest BCUT2D eigenvalue weighted by atomic mass is 19.1. The van der Waals surface area contributed by atoms with Crippen LogP contribution in [0, 0.1) is 5.82 Å². The van der Waals surface area contributed by atoms with Crippen molar-refractivity contribution in [2.75, 3.05) is 24.3 Å². The van der Waals surface area contributed by atoms with Crippen molar-refractivity contribution in [1.29, 1.82) is 0 Å². The van der Waals surface area contributed by atoms with Crippen LogP contribution in [0.3, 0.4) is 0 Å². The van der Waals surface area contributed by atoms with Crippen LogP contribution in [0.15, 0.2) is 42.6 Å². The summed E-state index contributed by atoms with van der Waals surface area (Å²) in [5, 5.41) is 7.16. The Labute approximate surface area is 214 Å². The first-order valence-electron chi connectivity index (χ1n) is 12.3. The van der Waals surface area contributed by atoms with Crippen LogP contribution < -0.4 is 26.1 Å². The third-order valence-electron chi connectivity index (χ3n) is 7.01. The van der Waals surface area contributed by atoms with Gasteiger partial charge in [-0.15, -0.1) is 0 Å². The van der Waals surface area contributed by atoms with Crippen LogP contribution in [0.4, 0.5) is 27.5 Å². The van der Waals surface area contributed by atoms with Crippen molar-refractivity contribution >= 4 is 40.1 Å². The topological polar surface area (TPSA) is 122 Å². The molecule has 0 aliphatic carbocycles. The van der Waals surface area contributed by atoms with Gasteiger partial charge in [0.2, 0.25) is 11.5 Å². The second kappa shape index (κ2) is 10.1. The number of primary amides is 1. The minimum Gasteiger partial charge on any atom is -0.493 e. The van der Waals surface area contributed by atoms with Crippen LogP contribution >= 0.6 is 0 Å². The molecule has 37 heavy (non-hydrogen) atoms. The summed E-state index contributed by atoms with van der Waals surface area (Å²) in [6, 6.07) is 10.8. The number of hydrogen-bond acceptors (Lipinski definition) is 6. The van der Waals surface area contributed by atoms with Crippen LogP contribution in [0.2, 0.25) is 0 Å². The average molecular weight is 505 g/mol. The molecule has 0 saturated heterocycles. The molecule has 2 aromatic carbocycles. The standard InChI is InChI=1S/C27H30FN7O2/c1-4-15(2)35-11-9-16-13-22(37-3)21(12-17(16)14-35)32-27-33-25-18(8-10-30-25)26(34-27)31-20-7-5-6-19(28)23(20)24(29)36/h5-8,10,12-13,15H,4,9,11,14H2,1-3H3,(H2,29,36)(H3,30,31,32,33,34)/p+1. The van der Waals surface area contributed by atoms with Crippen LogP contribution in [-0.4, -0.2) is 40.5 Å². The van der Waals surface area contributed by atoms with E-state index in [0.717, 1.165) is 37.0 Å². The molecule has 2 aromatic heterocycles. The van der Waals surface area contributed by atoms with Crippen molar-refractivity contribution in [3.8, 4) is 5.75 Å². The van der Waals surface area contributed by atoms with Gasteiger partial charge in [-0.2, -0.15) is 0 Å². The van der Waals surface area contributed by atoms with E-state index in [2.05, 4.69) is 51.5 Å². The van der Waals surface area contributed by atoms with Gasteiger partial charge in [0.1, 0.15) is 11.5 Å². The molecular formula is C27H31FN7O2+. The molecule has 0 spiro atoms. The lowest BCUT2D eigenvalue weighted by Crippen LogP contribution is -2.37. The van der Waals surface area contributed by atoms with E-state index in [1.165, 1.54) is 23.3 Å². The first kappa shape index (κ1) is 24.5. The second-order valence-corrected chi connectivity index (χ2v) is 9.28. The van der Waals surface area contributed by atoms with Gasteiger partial charge in [0.15, 0.2) is 5.75 Å². The normalized spacial score (nSPS) is 14.3. The molecule has 4 aromatic rings. The second-order valence-electron chi connectivity index (χ2n) is 9.28. The number of nitrogens with zero attached hydrogens (tertiary/aromatic N) is 2. The Bertz CT molecular complexity index is 1470. The molecule has 1 amide bonds. The summed E-state index contributed by atoms with van der Waals surface area (Å²) >= 11 is 0. The quantitative estimate of drug-likeness (QED) is 0.284. The number of carbonyl (C=O) groups excluding carboxylic acids is 1. The average Bonchev–Trinajstić information content (AvgIpc) is 3.36. The third kappa shape index (κ3) is 4.79. The summed E-state index contributed by atoms with van der Waals surface area (Å²) < 4.78 is 20.0. The molecule has 5 rings (SSSR count). The molecule has 0 radical (unpaired) electrons. The number of aromatic amines is 2. The van der Waals surface area contributed by atoms with Gasteiger partial charge >= 0.3 is 5.95 Å². The van der Waals surface area contributed by atoms with E-state index < -0.39 is 11.7 Å². The Kier molecular flexibility index (Phi) is 6.66. The van der Waals surface area contributed by atoms with E-state index in [1.54, 1.807) is 19.4 Å². The Morgan fingerprint density at radius 1 is 1.27 bits per heavy atom. The van der Waals surface area contributed by atoms with Crippen LogP contribution in [0.25, 0.3) is 11.0 Å². The summed E-state index contributed by atoms with van der Waals surface area (Å²) in [6.07, 6.45) is 3.84. The van der Waals surface area contributed by atoms with E-state index in [4.69, 9.17) is 15.5 Å². The third-order valence-corrected chi connectivity index (χ3v) is 7.01. The number of rotatable bonds is 8. The Balaban J connectivity index is 1.51. The smallest absolute Gasteiger partial charge is 0.351 e. The number of fused-ring (bicyclic) bond motifs is 2. The largest absolute Gasteiger partial charge is 0.493 e. The van der Waals surface area contributed by atoms with Crippen molar-refractivity contribution in [3.63, 3.8) is 0 Å². The maximum Gasteiger partial charge on any atom is 0.351 e. The minimum atomic E-state index is -0.864. The van der Waals surface area contributed by atoms with Crippen molar-refractivity contribution < 1.29 is 18.9 Å². The highest BCUT2D eigenvalue weighted by molar-refractivity contribution is 6.00. The lowest BCUT2D eigenvalue weighted by Gasteiger charge is -2.33. The fourth-order valence-corrected chi connectivity index (χ4v) is 4.79. The van der Waals surface area contributed by atoms with Gasteiger partial charge in [0.05, 0.1) is 23.7 Å². The van der Waals surface area contributed by atoms with Gasteiger partial charge in [0, 0.05) is 25.3 Å². The molecule has 0 fully saturated rings. The number of H-pyrrole nitrogens is 2. The predicted molar refractivity (Wildman–Crippen MR) is 141 cm³/mol. The van der Waals surface area contributed by atoms with Gasteiger partial charge in [-0.3, -0.25) is 20.0 Å². The van der Waals surface area contributed by atoms with Gasteiger partial charge in [-0.25, -0.2) is 9.37 Å². The number of carbonyl (C=O) groups is 1. The molecule has 10 heteroatoms. The lowest BCUT2D eigenvalue weighted by atomic mass is 9.97. The highest BCUT2D eigenvalue weighted by Gasteiger charge is 2.24. The van der Waals surface area contributed by atoms with E-state index in [-0.39, 0.29) is 11.3 Å². The number of nitrogens with one attached hydrogen (secondary N) is 4. The molecule has 1 unspecified atom stereocenters. The fourth-order valence-electron chi connectivity index (χ4n) is 4.79. The first-order chi connectivity index (χ1) is 17.9. The number of anilines is 4. The number of halogens is 1. The van der Waals surface area contributed by atoms with Crippen molar-refractivity contribution in [3.05, 3.63) is 65.1 Å². The maximum atomic E-state index is 14.3. The van der Waals surface area contributed by atoms with Crippen molar-refractivity contribution in [2.24, 2.45) is 5.73 Å². The Morgan fingerprint density at radius 3 is 2.86 bits per heavy atom. The number of ether oxygens (including phenoxy) is 1. The highest BCUT2D eigenvalue weighted by Crippen LogP contribution is 2.34. The van der Waals surface area contributed by atoms with E-state index in [1.807, 2.05) is 6.07 Å². The number of nitrogens with two attached hydrogens (primary N) is 1. The number of hydrogen-bond donors (Lipinski definition) is 4. The van der Waals surface area contributed by atoms with Gasteiger partial charge in [-0.1, -0.05) is 18.0 Å². The summed E-state index contributed by atoms with van der Waals surface area (Å²) in [4.78, 5) is 25.5. The van der Waals surface area contributed by atoms with E-state index in [0.29, 0.717) is 29.2 Å². The minimum absolute atomic E-state index is 0.224. The lowest BCUT2D eigenvalue weighted by molar-refractivity contribution is -0.333. The summed E-state index contributed by atoms with van der Waals surface area (Å²) in [6.45, 7) is 6.37. The molecule has 192 valence electrons. The molecule has 1 aliphatic rings. The van der Waals surface area contributed by atoms with Crippen LogP contribution in [0.1, 0.15) is 41.8 Å². The predicted octanol–water partition coefficient (Wildman–Crippen LogP) is 4.27. The summed E-state index contributed by atoms with van der Waals surface area (Å²) in [5.41, 5.74) is 9.44. The molecule has 1 atom stereocenters. The molecule has 1 aliphatic heterocycles. The molecule has 6 N–H and O–H groups in total. The van der Waals surface area contributed by atoms with Crippen LogP contribution in [-0.2, 0) is 13.0 Å². The summed E-state index contributed by atoms with van der Waals surface area (Å²) in [7, 11) is 1.65. The van der Waals surface area contributed by atoms with Crippen molar-refractivity contribution in [2.45, 2.75) is 39.3 Å². The zero-order valence-electron chi connectivity index (χ0n) is 21.1. The zero-order valence-corrected chi connectivity index (χ0v) is 21.1. The first-order valence-corrected chi connectivity index (χ1v) is 12.3. The Hall–Kier alpha value is -4.18.